The molecule has 1 amide bonds. The van der Waals surface area contributed by atoms with Crippen LogP contribution >= 0.6 is 0 Å². The van der Waals surface area contributed by atoms with Gasteiger partial charge in [0.2, 0.25) is 5.91 Å². The highest BCUT2D eigenvalue weighted by atomic mass is 16.6. The van der Waals surface area contributed by atoms with Crippen molar-refractivity contribution in [1.82, 2.24) is 0 Å². The lowest BCUT2D eigenvalue weighted by atomic mass is 10.1. The third-order valence-corrected chi connectivity index (χ3v) is 3.87. The van der Waals surface area contributed by atoms with Gasteiger partial charge in [-0.1, -0.05) is 30.3 Å². The highest BCUT2D eigenvalue weighted by Gasteiger charge is 2.27. The lowest BCUT2D eigenvalue weighted by molar-refractivity contribution is -0.117. The Kier molecular flexibility index (Phi) is 3.11. The number of rotatable bonds is 2. The van der Waals surface area contributed by atoms with Gasteiger partial charge >= 0.3 is 0 Å². The molecule has 0 atom stereocenters. The molecule has 0 aromatic heterocycles. The van der Waals surface area contributed by atoms with Crippen LogP contribution in [0.1, 0.15) is 5.56 Å². The molecule has 2 aromatic carbocycles. The fourth-order valence-corrected chi connectivity index (χ4v) is 2.78. The van der Waals surface area contributed by atoms with E-state index in [1.54, 1.807) is 4.90 Å². The van der Waals surface area contributed by atoms with Crippen molar-refractivity contribution in [2.45, 2.75) is 6.54 Å². The molecule has 0 bridgehead atoms. The molecule has 2 aromatic rings. The number of hydrogen-bond acceptors (Lipinski definition) is 4. The number of anilines is 2. The van der Waals surface area contributed by atoms with Gasteiger partial charge in [-0.25, -0.2) is 0 Å². The van der Waals surface area contributed by atoms with Gasteiger partial charge in [-0.05, 0) is 5.56 Å². The van der Waals surface area contributed by atoms with Gasteiger partial charge < -0.3 is 19.7 Å². The van der Waals surface area contributed by atoms with Gasteiger partial charge in [0.15, 0.2) is 11.5 Å². The molecule has 22 heavy (non-hydrogen) atoms. The summed E-state index contributed by atoms with van der Waals surface area (Å²) in [6.07, 6.45) is 0. The van der Waals surface area contributed by atoms with E-state index in [9.17, 15) is 4.79 Å². The second-order valence-corrected chi connectivity index (χ2v) is 5.33. The molecule has 0 aliphatic carbocycles. The number of amides is 1. The van der Waals surface area contributed by atoms with Crippen LogP contribution in [0, 0.1) is 0 Å². The van der Waals surface area contributed by atoms with Gasteiger partial charge in [0.25, 0.3) is 0 Å². The molecule has 0 fully saturated rings. The highest BCUT2D eigenvalue weighted by Crippen LogP contribution is 2.41. The molecule has 2 heterocycles. The van der Waals surface area contributed by atoms with Crippen molar-refractivity contribution in [3.05, 3.63) is 48.0 Å². The normalized spacial score (nSPS) is 16.0. The van der Waals surface area contributed by atoms with Gasteiger partial charge in [0, 0.05) is 12.1 Å². The van der Waals surface area contributed by atoms with Crippen molar-refractivity contribution < 1.29 is 14.3 Å². The highest BCUT2D eigenvalue weighted by molar-refractivity contribution is 6.03. The zero-order chi connectivity index (χ0) is 14.9. The number of nitrogens with zero attached hydrogens (tertiary/aromatic N) is 1. The third-order valence-electron chi connectivity index (χ3n) is 3.87. The number of nitrogens with one attached hydrogen (secondary N) is 1. The van der Waals surface area contributed by atoms with Gasteiger partial charge in [-0.2, -0.15) is 0 Å². The Morgan fingerprint density at radius 3 is 2.55 bits per heavy atom. The van der Waals surface area contributed by atoms with Crippen LogP contribution in [0.25, 0.3) is 0 Å². The number of carbonyl (C=O) groups is 1. The average molecular weight is 296 g/mol. The van der Waals surface area contributed by atoms with E-state index in [1.807, 2.05) is 42.5 Å². The van der Waals surface area contributed by atoms with Crippen LogP contribution in [0.5, 0.6) is 11.5 Å². The van der Waals surface area contributed by atoms with E-state index in [-0.39, 0.29) is 5.91 Å². The van der Waals surface area contributed by atoms with Crippen molar-refractivity contribution in [3.63, 3.8) is 0 Å². The standard InChI is InChI=1S/C17H16N2O3/c20-17-10-18-13-8-15-16(22-7-6-21-15)9-14(13)19(17)11-12-4-2-1-3-5-12/h1-5,8-9,18H,6-7,10-11H2. The van der Waals surface area contributed by atoms with E-state index >= 15 is 0 Å². The van der Waals surface area contributed by atoms with Crippen LogP contribution in [0.3, 0.4) is 0 Å². The maximum Gasteiger partial charge on any atom is 0.246 e. The van der Waals surface area contributed by atoms with E-state index < -0.39 is 0 Å². The van der Waals surface area contributed by atoms with Crippen LogP contribution in [-0.2, 0) is 11.3 Å². The van der Waals surface area contributed by atoms with E-state index in [0.29, 0.717) is 32.1 Å². The molecule has 2 aliphatic heterocycles. The summed E-state index contributed by atoms with van der Waals surface area (Å²) >= 11 is 0. The summed E-state index contributed by atoms with van der Waals surface area (Å²) in [6, 6.07) is 13.8. The molecule has 0 saturated carbocycles. The van der Waals surface area contributed by atoms with E-state index in [0.717, 1.165) is 22.7 Å². The lowest BCUT2D eigenvalue weighted by Gasteiger charge is -2.32. The smallest absolute Gasteiger partial charge is 0.246 e. The second-order valence-electron chi connectivity index (χ2n) is 5.33. The molecule has 0 radical (unpaired) electrons. The third kappa shape index (κ3) is 2.24. The Hall–Kier alpha value is -2.69. The Bertz CT molecular complexity index is 715. The van der Waals surface area contributed by atoms with Crippen molar-refractivity contribution >= 4 is 17.3 Å². The number of hydrogen-bond donors (Lipinski definition) is 1. The van der Waals surface area contributed by atoms with Gasteiger partial charge in [-0.15, -0.1) is 0 Å². The first-order valence-corrected chi connectivity index (χ1v) is 7.33. The molecular weight excluding hydrogens is 280 g/mol. The summed E-state index contributed by atoms with van der Waals surface area (Å²) in [5.41, 5.74) is 2.84. The molecule has 2 aliphatic rings. The lowest BCUT2D eigenvalue weighted by Crippen LogP contribution is -2.39. The van der Waals surface area contributed by atoms with E-state index in [2.05, 4.69) is 5.32 Å². The summed E-state index contributed by atoms with van der Waals surface area (Å²) in [4.78, 5) is 14.1. The summed E-state index contributed by atoms with van der Waals surface area (Å²) in [7, 11) is 0. The number of benzene rings is 2. The first kappa shape index (κ1) is 13.0. The predicted molar refractivity (Wildman–Crippen MR) is 83.6 cm³/mol. The number of carbonyl (C=O) groups excluding carboxylic acids is 1. The second kappa shape index (κ2) is 5.26. The van der Waals surface area contributed by atoms with Crippen LogP contribution < -0.4 is 19.7 Å². The molecule has 0 unspecified atom stereocenters. The fourth-order valence-electron chi connectivity index (χ4n) is 2.78. The Morgan fingerprint density at radius 2 is 1.77 bits per heavy atom. The summed E-state index contributed by atoms with van der Waals surface area (Å²) in [5.74, 6) is 1.47. The van der Waals surface area contributed by atoms with Gasteiger partial charge in [0.1, 0.15) is 13.2 Å². The molecule has 5 heteroatoms. The Labute approximate surface area is 128 Å². The van der Waals surface area contributed by atoms with Gasteiger partial charge in [-0.3, -0.25) is 4.79 Å². The van der Waals surface area contributed by atoms with Crippen molar-refractivity contribution in [2.24, 2.45) is 0 Å². The van der Waals surface area contributed by atoms with E-state index in [1.165, 1.54) is 0 Å². The van der Waals surface area contributed by atoms with Crippen molar-refractivity contribution in [1.29, 1.82) is 0 Å². The maximum atomic E-state index is 12.3. The largest absolute Gasteiger partial charge is 0.486 e. The van der Waals surface area contributed by atoms with Crippen molar-refractivity contribution in [3.8, 4) is 11.5 Å². The predicted octanol–water partition coefficient (Wildman–Crippen LogP) is 2.42. The van der Waals surface area contributed by atoms with Crippen LogP contribution in [0.2, 0.25) is 0 Å². The van der Waals surface area contributed by atoms with Crippen molar-refractivity contribution in [2.75, 3.05) is 30.0 Å². The number of ether oxygens (including phenoxy) is 2. The molecule has 0 spiro atoms. The summed E-state index contributed by atoms with van der Waals surface area (Å²) in [5, 5.41) is 3.15. The molecule has 4 rings (SSSR count). The quantitative estimate of drug-likeness (QED) is 0.924. The van der Waals surface area contributed by atoms with Gasteiger partial charge in [0.05, 0.1) is 24.5 Å². The minimum atomic E-state index is 0.0491. The summed E-state index contributed by atoms with van der Waals surface area (Å²) in [6.45, 7) is 1.93. The number of fused-ring (bicyclic) bond motifs is 2. The first-order chi connectivity index (χ1) is 10.8. The van der Waals surface area contributed by atoms with E-state index in [4.69, 9.17) is 9.47 Å². The fraction of sp³-hybridized carbons (Fsp3) is 0.235. The first-order valence-electron chi connectivity index (χ1n) is 7.33. The molecule has 0 saturated heterocycles. The zero-order valence-corrected chi connectivity index (χ0v) is 12.0. The monoisotopic (exact) mass is 296 g/mol. The molecule has 1 N–H and O–H groups in total. The summed E-state index contributed by atoms with van der Waals surface area (Å²) < 4.78 is 11.2. The topological polar surface area (TPSA) is 50.8 Å². The molecular formula is C17H16N2O3. The zero-order valence-electron chi connectivity index (χ0n) is 12.0. The average Bonchev–Trinajstić information content (AvgIpc) is 2.57. The molecule has 112 valence electrons. The Balaban J connectivity index is 1.72. The SMILES string of the molecule is O=C1CNc2cc3c(cc2N1Cc1ccccc1)OCCO3. The molecule has 5 nitrogen and oxygen atoms in total. The maximum absolute atomic E-state index is 12.3. The van der Waals surface area contributed by atoms with Crippen LogP contribution in [0.15, 0.2) is 42.5 Å². The van der Waals surface area contributed by atoms with Crippen LogP contribution in [-0.4, -0.2) is 25.7 Å². The minimum Gasteiger partial charge on any atom is -0.486 e. The van der Waals surface area contributed by atoms with Crippen LogP contribution in [0.4, 0.5) is 11.4 Å². The Morgan fingerprint density at radius 1 is 1.05 bits per heavy atom. The minimum absolute atomic E-state index is 0.0491.